The average Bonchev–Trinajstić information content (AvgIpc) is 2.19. The molecule has 0 saturated carbocycles. The molecule has 0 atom stereocenters. The third-order valence-corrected chi connectivity index (χ3v) is 3.17. The minimum absolute atomic E-state index is 0.364. The first kappa shape index (κ1) is 11.6. The van der Waals surface area contributed by atoms with Crippen LogP contribution in [0.15, 0.2) is 11.3 Å². The molecule has 0 fully saturated rings. The highest BCUT2D eigenvalue weighted by Crippen LogP contribution is 2.43. The minimum Gasteiger partial charge on any atom is -0.377 e. The zero-order valence-corrected chi connectivity index (χ0v) is 10.8. The summed E-state index contributed by atoms with van der Waals surface area (Å²) in [6.45, 7) is 15.2. The lowest BCUT2D eigenvalue weighted by Gasteiger charge is -2.25. The van der Waals surface area contributed by atoms with Crippen molar-refractivity contribution in [2.75, 3.05) is 13.6 Å². The van der Waals surface area contributed by atoms with Gasteiger partial charge in [-0.25, -0.2) is 0 Å². The Balaban J connectivity index is 3.18. The van der Waals surface area contributed by atoms with E-state index in [4.69, 9.17) is 0 Å². The molecule has 1 heteroatoms. The zero-order valence-electron chi connectivity index (χ0n) is 10.8. The molecule has 0 bridgehead atoms. The van der Waals surface area contributed by atoms with Crippen LogP contribution < -0.4 is 0 Å². The van der Waals surface area contributed by atoms with Gasteiger partial charge in [0.1, 0.15) is 0 Å². The summed E-state index contributed by atoms with van der Waals surface area (Å²) in [5.74, 6) is 1.33. The van der Waals surface area contributed by atoms with Crippen molar-refractivity contribution in [1.29, 1.82) is 0 Å². The highest BCUT2D eigenvalue weighted by Gasteiger charge is 2.37. The smallest absolute Gasteiger partial charge is 0.0261 e. The third kappa shape index (κ3) is 1.82. The van der Waals surface area contributed by atoms with Crippen LogP contribution in [0.2, 0.25) is 0 Å². The van der Waals surface area contributed by atoms with Crippen LogP contribution in [0, 0.1) is 17.3 Å². The van der Waals surface area contributed by atoms with Gasteiger partial charge in [-0.1, -0.05) is 41.5 Å². The summed E-state index contributed by atoms with van der Waals surface area (Å²) in [5, 5.41) is 0. The molecular formula is C13H25N. The number of allylic oxidation sites excluding steroid dienone is 1. The number of hydrogen-bond acceptors (Lipinski definition) is 1. The summed E-state index contributed by atoms with van der Waals surface area (Å²) >= 11 is 0. The van der Waals surface area contributed by atoms with Crippen molar-refractivity contribution in [3.8, 4) is 0 Å². The minimum atomic E-state index is 0.364. The summed E-state index contributed by atoms with van der Waals surface area (Å²) < 4.78 is 0. The van der Waals surface area contributed by atoms with Gasteiger partial charge in [0.15, 0.2) is 0 Å². The van der Waals surface area contributed by atoms with Gasteiger partial charge in [-0.15, -0.1) is 0 Å². The lowest BCUT2D eigenvalue weighted by Crippen LogP contribution is -2.23. The molecule has 0 N–H and O–H groups in total. The van der Waals surface area contributed by atoms with E-state index in [0.29, 0.717) is 17.3 Å². The van der Waals surface area contributed by atoms with E-state index in [1.54, 1.807) is 11.3 Å². The zero-order chi connectivity index (χ0) is 11.1. The molecule has 1 aliphatic heterocycles. The van der Waals surface area contributed by atoms with Crippen LogP contribution in [-0.2, 0) is 0 Å². The van der Waals surface area contributed by atoms with E-state index in [1.165, 1.54) is 6.54 Å². The second kappa shape index (κ2) is 3.60. The van der Waals surface area contributed by atoms with Crippen LogP contribution in [0.3, 0.4) is 0 Å². The van der Waals surface area contributed by atoms with Crippen molar-refractivity contribution in [2.24, 2.45) is 17.3 Å². The molecular weight excluding hydrogens is 170 g/mol. The molecule has 1 rings (SSSR count). The van der Waals surface area contributed by atoms with Crippen molar-refractivity contribution >= 4 is 0 Å². The fourth-order valence-corrected chi connectivity index (χ4v) is 3.14. The Morgan fingerprint density at radius 2 is 1.57 bits per heavy atom. The van der Waals surface area contributed by atoms with Crippen molar-refractivity contribution in [3.63, 3.8) is 0 Å². The Kier molecular flexibility index (Phi) is 2.99. The molecule has 0 saturated heterocycles. The molecule has 0 amide bonds. The maximum absolute atomic E-state index is 2.44. The van der Waals surface area contributed by atoms with Crippen molar-refractivity contribution in [1.82, 2.24) is 4.90 Å². The van der Waals surface area contributed by atoms with Crippen molar-refractivity contribution in [3.05, 3.63) is 11.3 Å². The summed E-state index contributed by atoms with van der Waals surface area (Å²) in [6, 6.07) is 0. The van der Waals surface area contributed by atoms with Crippen molar-refractivity contribution < 1.29 is 0 Å². The molecule has 0 aliphatic carbocycles. The maximum atomic E-state index is 2.44. The molecule has 14 heavy (non-hydrogen) atoms. The highest BCUT2D eigenvalue weighted by atomic mass is 15.1. The number of nitrogens with zero attached hydrogens (tertiary/aromatic N) is 1. The quantitative estimate of drug-likeness (QED) is 0.651. The van der Waals surface area contributed by atoms with E-state index in [0.717, 1.165) is 0 Å². The SMILES string of the molecule is CC(C)C1=C(C(C)C)C(C)(C)CN1C. The Hall–Kier alpha value is -0.460. The Labute approximate surface area is 89.2 Å². The highest BCUT2D eigenvalue weighted by molar-refractivity contribution is 5.29. The maximum Gasteiger partial charge on any atom is 0.0261 e. The average molecular weight is 195 g/mol. The monoisotopic (exact) mass is 195 g/mol. The number of hydrogen-bond donors (Lipinski definition) is 0. The van der Waals surface area contributed by atoms with E-state index < -0.39 is 0 Å². The van der Waals surface area contributed by atoms with Gasteiger partial charge in [0.05, 0.1) is 0 Å². The van der Waals surface area contributed by atoms with E-state index in [-0.39, 0.29) is 0 Å². The topological polar surface area (TPSA) is 3.24 Å². The van der Waals surface area contributed by atoms with Crippen LogP contribution >= 0.6 is 0 Å². The van der Waals surface area contributed by atoms with Gasteiger partial charge in [-0.05, 0) is 17.4 Å². The normalized spacial score (nSPS) is 21.6. The third-order valence-electron chi connectivity index (χ3n) is 3.17. The van der Waals surface area contributed by atoms with Crippen LogP contribution in [0.4, 0.5) is 0 Å². The Morgan fingerprint density at radius 3 is 1.86 bits per heavy atom. The Morgan fingerprint density at radius 1 is 1.07 bits per heavy atom. The summed E-state index contributed by atoms with van der Waals surface area (Å²) in [7, 11) is 2.23. The predicted octanol–water partition coefficient (Wildman–Crippen LogP) is 3.52. The largest absolute Gasteiger partial charge is 0.377 e. The van der Waals surface area contributed by atoms with E-state index in [2.05, 4.69) is 53.5 Å². The van der Waals surface area contributed by atoms with Gasteiger partial charge >= 0.3 is 0 Å². The molecule has 0 aromatic rings. The van der Waals surface area contributed by atoms with Crippen molar-refractivity contribution in [2.45, 2.75) is 41.5 Å². The standard InChI is InChI=1S/C13H25N/c1-9(2)11-12(10(3)4)14(7)8-13(11,5)6/h9-10H,8H2,1-7H3. The second-order valence-electron chi connectivity index (χ2n) is 5.85. The van der Waals surface area contributed by atoms with E-state index in [9.17, 15) is 0 Å². The predicted molar refractivity (Wildman–Crippen MR) is 63.1 cm³/mol. The summed E-state index contributed by atoms with van der Waals surface area (Å²) in [6.07, 6.45) is 0. The van der Waals surface area contributed by atoms with Gasteiger partial charge in [-0.2, -0.15) is 0 Å². The Bertz CT molecular complexity index is 246. The molecule has 0 aromatic heterocycles. The van der Waals surface area contributed by atoms with E-state index >= 15 is 0 Å². The lowest BCUT2D eigenvalue weighted by molar-refractivity contribution is 0.321. The van der Waals surface area contributed by atoms with Gasteiger partial charge < -0.3 is 4.90 Å². The molecule has 1 nitrogen and oxygen atoms in total. The first-order valence-electron chi connectivity index (χ1n) is 5.73. The van der Waals surface area contributed by atoms with E-state index in [1.807, 2.05) is 0 Å². The molecule has 1 aliphatic rings. The fourth-order valence-electron chi connectivity index (χ4n) is 3.14. The van der Waals surface area contributed by atoms with Gasteiger partial charge in [0.25, 0.3) is 0 Å². The van der Waals surface area contributed by atoms with Crippen LogP contribution in [0.25, 0.3) is 0 Å². The molecule has 0 spiro atoms. The van der Waals surface area contributed by atoms with Gasteiger partial charge in [0.2, 0.25) is 0 Å². The summed E-state index contributed by atoms with van der Waals surface area (Å²) in [4.78, 5) is 2.44. The molecule has 1 heterocycles. The molecule has 0 aromatic carbocycles. The second-order valence-corrected chi connectivity index (χ2v) is 5.85. The first-order chi connectivity index (χ1) is 6.27. The molecule has 0 unspecified atom stereocenters. The first-order valence-corrected chi connectivity index (χ1v) is 5.73. The van der Waals surface area contributed by atoms with Crippen LogP contribution in [-0.4, -0.2) is 18.5 Å². The van der Waals surface area contributed by atoms with Gasteiger partial charge in [-0.3, -0.25) is 0 Å². The van der Waals surface area contributed by atoms with Crippen LogP contribution in [0.5, 0.6) is 0 Å². The molecule has 82 valence electrons. The lowest BCUT2D eigenvalue weighted by atomic mass is 9.79. The fraction of sp³-hybridized carbons (Fsp3) is 0.846. The van der Waals surface area contributed by atoms with Gasteiger partial charge in [0, 0.05) is 24.7 Å². The van der Waals surface area contributed by atoms with Crippen LogP contribution in [0.1, 0.15) is 41.5 Å². The molecule has 0 radical (unpaired) electrons. The number of rotatable bonds is 2. The summed E-state index contributed by atoms with van der Waals surface area (Å²) in [5.41, 5.74) is 3.60.